The Morgan fingerprint density at radius 2 is 1.70 bits per heavy atom. The van der Waals surface area contributed by atoms with Gasteiger partial charge in [0.25, 0.3) is 0 Å². The highest BCUT2D eigenvalue weighted by molar-refractivity contribution is 5.22. The van der Waals surface area contributed by atoms with Gasteiger partial charge in [0.2, 0.25) is 0 Å². The van der Waals surface area contributed by atoms with Crippen molar-refractivity contribution in [2.45, 2.75) is 89.8 Å². The topological polar surface area (TPSA) is 60.7 Å². The summed E-state index contributed by atoms with van der Waals surface area (Å²) in [7, 11) is 0. The van der Waals surface area contributed by atoms with Crippen molar-refractivity contribution in [3.8, 4) is 0 Å². The molecule has 1 spiro atoms. The normalized spacial score (nSPS) is 61.8. The average molecular weight is 322 g/mol. The van der Waals surface area contributed by atoms with Crippen LogP contribution in [0.15, 0.2) is 0 Å². The van der Waals surface area contributed by atoms with E-state index in [9.17, 15) is 15.3 Å². The second-order valence-corrected chi connectivity index (χ2v) is 10.3. The van der Waals surface area contributed by atoms with Gasteiger partial charge in [0, 0.05) is 6.61 Å². The summed E-state index contributed by atoms with van der Waals surface area (Å²) in [6, 6.07) is 0. The van der Waals surface area contributed by atoms with Crippen LogP contribution >= 0.6 is 0 Å². The standard InChI is InChI=1S/C20H34O3/c1-16(13-21)7-4-8-17(2)15(16)6-5-14-11-20(23)12-19(14,17)10-9-18(20,3)22/h14-15,21-23H,4-13H2,1-3H3/t14-,15?,16+,17-,18-,19+,20+/m0/s1. The molecule has 0 amide bonds. The van der Waals surface area contributed by atoms with Gasteiger partial charge < -0.3 is 15.3 Å². The zero-order valence-corrected chi connectivity index (χ0v) is 15.1. The quantitative estimate of drug-likeness (QED) is 0.694. The molecule has 0 aromatic rings. The Balaban J connectivity index is 1.79. The first kappa shape index (κ1) is 16.4. The molecule has 3 heteroatoms. The monoisotopic (exact) mass is 322 g/mol. The molecule has 4 aliphatic rings. The van der Waals surface area contributed by atoms with Gasteiger partial charge in [0.15, 0.2) is 0 Å². The molecule has 132 valence electrons. The molecule has 0 heterocycles. The highest BCUT2D eigenvalue weighted by Crippen LogP contribution is 2.76. The van der Waals surface area contributed by atoms with Crippen LogP contribution in [0.3, 0.4) is 0 Å². The van der Waals surface area contributed by atoms with Crippen molar-refractivity contribution < 1.29 is 15.3 Å². The summed E-state index contributed by atoms with van der Waals surface area (Å²) >= 11 is 0. The van der Waals surface area contributed by atoms with Crippen LogP contribution in [0.2, 0.25) is 0 Å². The smallest absolute Gasteiger partial charge is 0.0939 e. The molecule has 4 fully saturated rings. The highest BCUT2D eigenvalue weighted by atomic mass is 16.4. The molecular formula is C20H34O3. The number of fused-ring (bicyclic) bond motifs is 2. The van der Waals surface area contributed by atoms with E-state index in [0.29, 0.717) is 11.8 Å². The summed E-state index contributed by atoms with van der Waals surface area (Å²) < 4.78 is 0. The van der Waals surface area contributed by atoms with Crippen LogP contribution in [0, 0.1) is 28.1 Å². The Morgan fingerprint density at radius 3 is 2.39 bits per heavy atom. The average Bonchev–Trinajstić information content (AvgIpc) is 2.77. The third-order valence-electron chi connectivity index (χ3n) is 9.39. The summed E-state index contributed by atoms with van der Waals surface area (Å²) in [5.74, 6) is 1.10. The van der Waals surface area contributed by atoms with E-state index in [1.165, 1.54) is 19.3 Å². The Hall–Kier alpha value is -0.120. The van der Waals surface area contributed by atoms with Crippen LogP contribution in [0.5, 0.6) is 0 Å². The Labute approximate surface area is 140 Å². The second kappa shape index (κ2) is 4.53. The third kappa shape index (κ3) is 1.77. The molecule has 0 aliphatic heterocycles. The minimum Gasteiger partial charge on any atom is -0.396 e. The van der Waals surface area contributed by atoms with Crippen molar-refractivity contribution in [1.29, 1.82) is 0 Å². The molecule has 3 N–H and O–H groups in total. The lowest BCUT2D eigenvalue weighted by molar-refractivity contribution is -0.211. The predicted octanol–water partition coefficient (Wildman–Crippen LogP) is 3.26. The molecule has 4 saturated carbocycles. The van der Waals surface area contributed by atoms with Gasteiger partial charge in [-0.2, -0.15) is 0 Å². The Morgan fingerprint density at radius 1 is 0.957 bits per heavy atom. The van der Waals surface area contributed by atoms with Crippen molar-refractivity contribution in [2.24, 2.45) is 28.1 Å². The summed E-state index contributed by atoms with van der Waals surface area (Å²) in [5, 5.41) is 32.2. The van der Waals surface area contributed by atoms with E-state index in [0.717, 1.165) is 38.5 Å². The summed E-state index contributed by atoms with van der Waals surface area (Å²) in [5.41, 5.74) is -1.43. The molecule has 4 aliphatic carbocycles. The molecule has 0 radical (unpaired) electrons. The Kier molecular flexibility index (Phi) is 3.22. The second-order valence-electron chi connectivity index (χ2n) is 10.3. The minimum absolute atomic E-state index is 0.0351. The Bertz CT molecular complexity index is 517. The molecule has 0 aromatic carbocycles. The highest BCUT2D eigenvalue weighted by Gasteiger charge is 2.72. The number of aliphatic hydroxyl groups is 3. The van der Waals surface area contributed by atoms with Crippen LogP contribution in [-0.2, 0) is 0 Å². The van der Waals surface area contributed by atoms with Crippen molar-refractivity contribution in [3.05, 3.63) is 0 Å². The summed E-state index contributed by atoms with van der Waals surface area (Å²) in [6.07, 6.45) is 9.19. The number of hydrogen-bond donors (Lipinski definition) is 3. The first-order valence-electron chi connectivity index (χ1n) is 9.68. The van der Waals surface area contributed by atoms with Gasteiger partial charge >= 0.3 is 0 Å². The van der Waals surface area contributed by atoms with E-state index in [1.807, 2.05) is 6.92 Å². The number of hydrogen-bond acceptors (Lipinski definition) is 3. The van der Waals surface area contributed by atoms with Gasteiger partial charge in [0.05, 0.1) is 11.2 Å². The maximum atomic E-state index is 11.3. The third-order valence-corrected chi connectivity index (χ3v) is 9.39. The molecule has 7 atom stereocenters. The largest absolute Gasteiger partial charge is 0.396 e. The van der Waals surface area contributed by atoms with Gasteiger partial charge in [-0.1, -0.05) is 20.3 Å². The maximum absolute atomic E-state index is 11.3. The van der Waals surface area contributed by atoms with E-state index < -0.39 is 11.2 Å². The number of aliphatic hydroxyl groups excluding tert-OH is 1. The first-order chi connectivity index (χ1) is 10.6. The lowest BCUT2D eigenvalue weighted by Crippen LogP contribution is -2.61. The van der Waals surface area contributed by atoms with Crippen molar-refractivity contribution in [1.82, 2.24) is 0 Å². The van der Waals surface area contributed by atoms with E-state index in [-0.39, 0.29) is 22.9 Å². The molecule has 3 nitrogen and oxygen atoms in total. The van der Waals surface area contributed by atoms with E-state index in [4.69, 9.17) is 0 Å². The lowest BCUT2D eigenvalue weighted by atomic mass is 9.39. The molecular weight excluding hydrogens is 288 g/mol. The van der Waals surface area contributed by atoms with E-state index >= 15 is 0 Å². The first-order valence-corrected chi connectivity index (χ1v) is 9.68. The summed E-state index contributed by atoms with van der Waals surface area (Å²) in [6.45, 7) is 6.88. The van der Waals surface area contributed by atoms with Crippen LogP contribution in [0.4, 0.5) is 0 Å². The fourth-order valence-electron chi connectivity index (χ4n) is 7.87. The van der Waals surface area contributed by atoms with E-state index in [2.05, 4.69) is 13.8 Å². The molecule has 23 heavy (non-hydrogen) atoms. The van der Waals surface area contributed by atoms with Gasteiger partial charge in [-0.3, -0.25) is 0 Å². The van der Waals surface area contributed by atoms with Gasteiger partial charge in [-0.15, -0.1) is 0 Å². The van der Waals surface area contributed by atoms with Gasteiger partial charge in [0.1, 0.15) is 0 Å². The minimum atomic E-state index is -0.934. The molecule has 4 rings (SSSR count). The zero-order valence-electron chi connectivity index (χ0n) is 15.1. The molecule has 0 aromatic heterocycles. The van der Waals surface area contributed by atoms with Crippen LogP contribution in [0.1, 0.15) is 78.6 Å². The van der Waals surface area contributed by atoms with Crippen molar-refractivity contribution in [3.63, 3.8) is 0 Å². The van der Waals surface area contributed by atoms with Crippen LogP contribution < -0.4 is 0 Å². The zero-order chi connectivity index (χ0) is 16.7. The molecule has 1 unspecified atom stereocenters. The molecule has 2 bridgehead atoms. The maximum Gasteiger partial charge on any atom is 0.0939 e. The molecule has 0 saturated heterocycles. The predicted molar refractivity (Wildman–Crippen MR) is 89.8 cm³/mol. The van der Waals surface area contributed by atoms with Gasteiger partial charge in [-0.05, 0) is 86.4 Å². The fraction of sp³-hybridized carbons (Fsp3) is 1.00. The lowest BCUT2D eigenvalue weighted by Gasteiger charge is -2.66. The SMILES string of the molecule is C[C@]1(CO)CCC[C@@]2(C)C1CC[C@H]1C[C@@]3(O)C[C@]12CC[C@]3(C)O. The van der Waals surface area contributed by atoms with Crippen LogP contribution in [-0.4, -0.2) is 33.1 Å². The fourth-order valence-corrected chi connectivity index (χ4v) is 7.87. The van der Waals surface area contributed by atoms with Crippen molar-refractivity contribution in [2.75, 3.05) is 6.61 Å². The van der Waals surface area contributed by atoms with Crippen molar-refractivity contribution >= 4 is 0 Å². The van der Waals surface area contributed by atoms with E-state index in [1.54, 1.807) is 0 Å². The number of rotatable bonds is 1. The van der Waals surface area contributed by atoms with Crippen LogP contribution in [0.25, 0.3) is 0 Å². The summed E-state index contributed by atoms with van der Waals surface area (Å²) in [4.78, 5) is 0. The van der Waals surface area contributed by atoms with Gasteiger partial charge in [-0.25, -0.2) is 0 Å².